The summed E-state index contributed by atoms with van der Waals surface area (Å²) < 4.78 is 0. The number of anilines is 2. The average Bonchev–Trinajstić information content (AvgIpc) is 2.41. The van der Waals surface area contributed by atoms with Crippen LogP contribution in [-0.2, 0) is 0 Å². The van der Waals surface area contributed by atoms with Crippen molar-refractivity contribution in [1.29, 1.82) is 0 Å². The predicted molar refractivity (Wildman–Crippen MR) is 77.6 cm³/mol. The number of hydrogen-bond acceptors (Lipinski definition) is 6. The van der Waals surface area contributed by atoms with Gasteiger partial charge < -0.3 is 15.7 Å². The van der Waals surface area contributed by atoms with Gasteiger partial charge in [0, 0.05) is 18.5 Å². The Hall–Kier alpha value is -1.14. The van der Waals surface area contributed by atoms with Crippen molar-refractivity contribution < 1.29 is 5.11 Å². The highest BCUT2D eigenvalue weighted by molar-refractivity contribution is 6.28. The van der Waals surface area contributed by atoms with E-state index in [1.165, 1.54) is 0 Å². The third kappa shape index (κ3) is 4.47. The van der Waals surface area contributed by atoms with Crippen LogP contribution < -0.4 is 10.6 Å². The highest BCUT2D eigenvalue weighted by atomic mass is 35.5. The first-order valence-electron chi connectivity index (χ1n) is 6.59. The highest BCUT2D eigenvalue weighted by Gasteiger charge is 2.25. The first kappa shape index (κ1) is 15.9. The Labute approximate surface area is 119 Å². The number of hydrogen-bond donors (Lipinski definition) is 3. The van der Waals surface area contributed by atoms with Crippen LogP contribution >= 0.6 is 11.6 Å². The number of nitrogens with one attached hydrogen (secondary N) is 2. The van der Waals surface area contributed by atoms with Crippen LogP contribution in [0.3, 0.4) is 0 Å². The van der Waals surface area contributed by atoms with Crippen LogP contribution in [0.2, 0.25) is 5.28 Å². The SMILES string of the molecule is CCNc1nc(Cl)nc(NCC(CC)(CC)CO)n1. The molecular formula is C12H22ClN5O. The van der Waals surface area contributed by atoms with Crippen LogP contribution in [0.25, 0.3) is 0 Å². The summed E-state index contributed by atoms with van der Waals surface area (Å²) in [6.07, 6.45) is 1.76. The maximum atomic E-state index is 9.52. The first-order valence-corrected chi connectivity index (χ1v) is 6.97. The molecule has 0 bridgehead atoms. The largest absolute Gasteiger partial charge is 0.396 e. The third-order valence-electron chi connectivity index (χ3n) is 3.40. The number of aromatic nitrogens is 3. The van der Waals surface area contributed by atoms with Crippen molar-refractivity contribution in [3.8, 4) is 0 Å². The van der Waals surface area contributed by atoms with Crippen molar-refractivity contribution in [2.45, 2.75) is 33.6 Å². The molecule has 0 radical (unpaired) electrons. The Morgan fingerprint density at radius 1 is 1.05 bits per heavy atom. The Kier molecular flexibility index (Phi) is 6.24. The van der Waals surface area contributed by atoms with Gasteiger partial charge in [0.15, 0.2) is 0 Å². The number of aliphatic hydroxyl groups is 1. The van der Waals surface area contributed by atoms with E-state index < -0.39 is 0 Å². The summed E-state index contributed by atoms with van der Waals surface area (Å²) in [6.45, 7) is 7.52. The van der Waals surface area contributed by atoms with Gasteiger partial charge in [0.1, 0.15) is 0 Å². The molecule has 0 aliphatic heterocycles. The molecule has 0 unspecified atom stereocenters. The van der Waals surface area contributed by atoms with E-state index in [9.17, 15) is 5.11 Å². The lowest BCUT2D eigenvalue weighted by molar-refractivity contribution is 0.127. The van der Waals surface area contributed by atoms with Gasteiger partial charge in [-0.05, 0) is 31.4 Å². The molecule has 0 spiro atoms. The number of aliphatic hydroxyl groups excluding tert-OH is 1. The summed E-state index contributed by atoms with van der Waals surface area (Å²) in [5.41, 5.74) is -0.155. The fraction of sp³-hybridized carbons (Fsp3) is 0.750. The molecule has 0 saturated heterocycles. The third-order valence-corrected chi connectivity index (χ3v) is 3.57. The van der Waals surface area contributed by atoms with Crippen molar-refractivity contribution in [3.05, 3.63) is 5.28 Å². The fourth-order valence-corrected chi connectivity index (χ4v) is 1.87. The van der Waals surface area contributed by atoms with E-state index >= 15 is 0 Å². The molecule has 1 heterocycles. The smallest absolute Gasteiger partial charge is 0.228 e. The van der Waals surface area contributed by atoms with Crippen LogP contribution in [-0.4, -0.2) is 39.8 Å². The molecule has 0 fully saturated rings. The minimum atomic E-state index is -0.155. The molecular weight excluding hydrogens is 266 g/mol. The van der Waals surface area contributed by atoms with Gasteiger partial charge in [-0.3, -0.25) is 0 Å². The van der Waals surface area contributed by atoms with Gasteiger partial charge in [-0.1, -0.05) is 13.8 Å². The lowest BCUT2D eigenvalue weighted by Crippen LogP contribution is -2.32. The summed E-state index contributed by atoms with van der Waals surface area (Å²) in [7, 11) is 0. The molecule has 0 aliphatic carbocycles. The lowest BCUT2D eigenvalue weighted by Gasteiger charge is -2.29. The van der Waals surface area contributed by atoms with Gasteiger partial charge >= 0.3 is 0 Å². The zero-order valence-electron chi connectivity index (χ0n) is 11.7. The Balaban J connectivity index is 2.76. The molecule has 0 aliphatic rings. The number of nitrogens with zero attached hydrogens (tertiary/aromatic N) is 3. The summed E-state index contributed by atoms with van der Waals surface area (Å²) in [4.78, 5) is 12.2. The zero-order chi connectivity index (χ0) is 14.3. The molecule has 0 aromatic carbocycles. The van der Waals surface area contributed by atoms with Crippen molar-refractivity contribution in [2.24, 2.45) is 5.41 Å². The molecule has 1 aromatic heterocycles. The van der Waals surface area contributed by atoms with Crippen LogP contribution in [0.15, 0.2) is 0 Å². The van der Waals surface area contributed by atoms with Gasteiger partial charge in [-0.15, -0.1) is 0 Å². The number of rotatable bonds is 8. The summed E-state index contributed by atoms with van der Waals surface area (Å²) >= 11 is 5.85. The van der Waals surface area contributed by atoms with Gasteiger partial charge in [-0.25, -0.2) is 0 Å². The molecule has 7 heteroatoms. The first-order chi connectivity index (χ1) is 9.09. The Bertz CT molecular complexity index is 389. The van der Waals surface area contributed by atoms with E-state index in [4.69, 9.17) is 11.6 Å². The van der Waals surface area contributed by atoms with Crippen LogP contribution in [0.5, 0.6) is 0 Å². The molecule has 0 saturated carbocycles. The quantitative estimate of drug-likeness (QED) is 0.680. The maximum absolute atomic E-state index is 9.52. The normalized spacial score (nSPS) is 11.4. The number of halogens is 1. The van der Waals surface area contributed by atoms with Crippen molar-refractivity contribution in [3.63, 3.8) is 0 Å². The van der Waals surface area contributed by atoms with E-state index in [0.29, 0.717) is 25.0 Å². The topological polar surface area (TPSA) is 83.0 Å². The van der Waals surface area contributed by atoms with Gasteiger partial charge in [0.05, 0.1) is 6.61 Å². The van der Waals surface area contributed by atoms with Crippen LogP contribution in [0.1, 0.15) is 33.6 Å². The van der Waals surface area contributed by atoms with Crippen molar-refractivity contribution >= 4 is 23.5 Å². The highest BCUT2D eigenvalue weighted by Crippen LogP contribution is 2.25. The fourth-order valence-electron chi connectivity index (χ4n) is 1.71. The van der Waals surface area contributed by atoms with Gasteiger partial charge in [0.25, 0.3) is 0 Å². The van der Waals surface area contributed by atoms with E-state index in [1.54, 1.807) is 0 Å². The van der Waals surface area contributed by atoms with Crippen molar-refractivity contribution in [1.82, 2.24) is 15.0 Å². The second kappa shape index (κ2) is 7.45. The monoisotopic (exact) mass is 287 g/mol. The van der Waals surface area contributed by atoms with E-state index in [1.807, 2.05) is 6.92 Å². The molecule has 0 atom stereocenters. The minimum Gasteiger partial charge on any atom is -0.396 e. The van der Waals surface area contributed by atoms with Crippen LogP contribution in [0.4, 0.5) is 11.9 Å². The standard InChI is InChI=1S/C12H22ClN5O/c1-4-12(5-2,8-19)7-15-11-17-9(13)16-10(18-11)14-6-3/h19H,4-8H2,1-3H3,(H2,14,15,16,17,18). The van der Waals surface area contributed by atoms with E-state index in [2.05, 4.69) is 39.4 Å². The zero-order valence-corrected chi connectivity index (χ0v) is 12.5. The van der Waals surface area contributed by atoms with Crippen LogP contribution in [0, 0.1) is 5.41 Å². The van der Waals surface area contributed by atoms with E-state index in [0.717, 1.165) is 12.8 Å². The second-order valence-electron chi connectivity index (χ2n) is 4.50. The lowest BCUT2D eigenvalue weighted by atomic mass is 9.83. The summed E-state index contributed by atoms with van der Waals surface area (Å²) in [5.74, 6) is 0.878. The van der Waals surface area contributed by atoms with Gasteiger partial charge in [-0.2, -0.15) is 15.0 Å². The summed E-state index contributed by atoms with van der Waals surface area (Å²) in [6, 6.07) is 0. The summed E-state index contributed by atoms with van der Waals surface area (Å²) in [5, 5.41) is 15.8. The molecule has 1 aromatic rings. The molecule has 1 rings (SSSR count). The average molecular weight is 288 g/mol. The molecule has 6 nitrogen and oxygen atoms in total. The minimum absolute atomic E-state index is 0.131. The van der Waals surface area contributed by atoms with E-state index in [-0.39, 0.29) is 17.3 Å². The molecule has 19 heavy (non-hydrogen) atoms. The van der Waals surface area contributed by atoms with Gasteiger partial charge in [0.2, 0.25) is 17.2 Å². The Morgan fingerprint density at radius 3 is 2.11 bits per heavy atom. The Morgan fingerprint density at radius 2 is 1.63 bits per heavy atom. The van der Waals surface area contributed by atoms with Crippen molar-refractivity contribution in [2.75, 3.05) is 30.3 Å². The molecule has 0 amide bonds. The second-order valence-corrected chi connectivity index (χ2v) is 4.84. The predicted octanol–water partition coefficient (Wildman–Crippen LogP) is 2.17. The maximum Gasteiger partial charge on any atom is 0.228 e. The molecule has 3 N–H and O–H groups in total. The molecule has 108 valence electrons.